The predicted octanol–water partition coefficient (Wildman–Crippen LogP) is 4.27. The normalized spacial score (nSPS) is 18.1. The second kappa shape index (κ2) is 14.9. The molecule has 3 aromatic heterocycles. The van der Waals surface area contributed by atoms with Crippen molar-refractivity contribution < 1.29 is 37.3 Å². The minimum Gasteiger partial charge on any atom is -0.503 e. The first-order valence-corrected chi connectivity index (χ1v) is 18.1. The maximum absolute atomic E-state index is 14.5. The SMILES string of the molecule is COCCN(C)c1ncnc(C(=O)N2CCC3(CC2)CC(C)c2c3c(=O)n3nc(C4=CCOCC4)nc3n2CC(=O)Nc2ccc(C(F)(F)F)cc2Cl)c1O. The van der Waals surface area contributed by atoms with Crippen molar-refractivity contribution in [2.75, 3.05) is 63.8 Å². The maximum atomic E-state index is 14.5. The highest BCUT2D eigenvalue weighted by Gasteiger charge is 2.49. The Labute approximate surface area is 317 Å². The number of amides is 2. The van der Waals surface area contributed by atoms with Gasteiger partial charge >= 0.3 is 6.18 Å². The maximum Gasteiger partial charge on any atom is 0.416 e. The van der Waals surface area contributed by atoms with Crippen LogP contribution in [-0.2, 0) is 32.4 Å². The molecule has 1 unspecified atom stereocenters. The van der Waals surface area contributed by atoms with Gasteiger partial charge in [-0.25, -0.2) is 9.97 Å². The standard InChI is InChI=1S/C36H39ClF3N9O6/c1-20-17-35(8-10-47(11-9-35)33(53)27-29(51)31(42-19-41-27)46(2)12-15-54-3)26-28(20)48(18-25(50)43-24-5-4-22(16-23(24)37)36(38,39)40)34-44-30(45-49(34)32(26)52)21-6-13-55-14-7-21/h4-6,16,19-20,51H,7-15,17-18H2,1-3H3,(H,43,50). The molecule has 15 nitrogen and oxygen atoms in total. The number of anilines is 2. The lowest BCUT2D eigenvalue weighted by Gasteiger charge is -2.39. The molecule has 1 saturated heterocycles. The van der Waals surface area contributed by atoms with E-state index in [2.05, 4.69) is 20.4 Å². The van der Waals surface area contributed by atoms with E-state index in [0.29, 0.717) is 69.1 Å². The van der Waals surface area contributed by atoms with Crippen molar-refractivity contribution in [3.05, 3.63) is 74.3 Å². The first-order valence-electron chi connectivity index (χ1n) is 17.7. The molecule has 0 radical (unpaired) electrons. The molecule has 4 aromatic rings. The molecule has 7 rings (SSSR count). The summed E-state index contributed by atoms with van der Waals surface area (Å²) in [6.45, 7) is 3.73. The number of likely N-dealkylation sites (tertiary alicyclic amines) is 1. The van der Waals surface area contributed by atoms with Crippen LogP contribution in [-0.4, -0.2) is 105 Å². The molecule has 19 heteroatoms. The zero-order valence-corrected chi connectivity index (χ0v) is 31.1. The summed E-state index contributed by atoms with van der Waals surface area (Å²) in [4.78, 5) is 58.2. The number of carbonyl (C=O) groups is 2. The molecule has 1 aromatic carbocycles. The highest BCUT2D eigenvalue weighted by Crippen LogP contribution is 2.50. The van der Waals surface area contributed by atoms with Crippen LogP contribution in [0, 0.1) is 0 Å². The molecule has 3 aliphatic rings. The Morgan fingerprint density at radius 2 is 1.98 bits per heavy atom. The van der Waals surface area contributed by atoms with Crippen molar-refractivity contribution in [1.82, 2.24) is 34.0 Å². The molecular formula is C36H39ClF3N9O6. The van der Waals surface area contributed by atoms with Gasteiger partial charge in [0.15, 0.2) is 23.1 Å². The lowest BCUT2D eigenvalue weighted by Crippen LogP contribution is -2.47. The number of alkyl halides is 3. The molecule has 5 heterocycles. The van der Waals surface area contributed by atoms with Gasteiger partial charge in [0.2, 0.25) is 11.7 Å². The van der Waals surface area contributed by atoms with Gasteiger partial charge in [-0.3, -0.25) is 14.4 Å². The van der Waals surface area contributed by atoms with Crippen LogP contribution in [0.4, 0.5) is 24.7 Å². The molecular weight excluding hydrogens is 747 g/mol. The van der Waals surface area contributed by atoms with Crippen LogP contribution in [0.15, 0.2) is 35.4 Å². The monoisotopic (exact) mass is 785 g/mol. The first-order chi connectivity index (χ1) is 26.2. The van der Waals surface area contributed by atoms with Crippen LogP contribution < -0.4 is 15.8 Å². The summed E-state index contributed by atoms with van der Waals surface area (Å²) in [6.07, 6.45) is 0.326. The van der Waals surface area contributed by atoms with E-state index >= 15 is 0 Å². The largest absolute Gasteiger partial charge is 0.503 e. The Morgan fingerprint density at radius 1 is 1.22 bits per heavy atom. The molecule has 1 spiro atoms. The average molecular weight is 786 g/mol. The molecule has 2 aliphatic heterocycles. The number of nitrogens with one attached hydrogen (secondary N) is 1. The lowest BCUT2D eigenvalue weighted by molar-refractivity contribution is -0.137. The topological polar surface area (TPSA) is 169 Å². The number of aromatic nitrogens is 6. The van der Waals surface area contributed by atoms with Gasteiger partial charge in [-0.2, -0.15) is 22.7 Å². The van der Waals surface area contributed by atoms with E-state index < -0.39 is 29.0 Å². The smallest absolute Gasteiger partial charge is 0.416 e. The number of hydrogen-bond acceptors (Lipinski definition) is 11. The van der Waals surface area contributed by atoms with Crippen LogP contribution in [0.1, 0.15) is 71.7 Å². The van der Waals surface area contributed by atoms with Crippen molar-refractivity contribution >= 4 is 46.3 Å². The van der Waals surface area contributed by atoms with E-state index in [0.717, 1.165) is 23.8 Å². The van der Waals surface area contributed by atoms with Crippen LogP contribution >= 0.6 is 11.6 Å². The van der Waals surface area contributed by atoms with Gasteiger partial charge in [0.25, 0.3) is 11.5 Å². The zero-order chi connectivity index (χ0) is 39.2. The van der Waals surface area contributed by atoms with Gasteiger partial charge in [0.05, 0.1) is 36.1 Å². The number of benzene rings is 1. The summed E-state index contributed by atoms with van der Waals surface area (Å²) < 4.78 is 53.2. The molecule has 1 aliphatic carbocycles. The minimum absolute atomic E-state index is 0.00656. The molecule has 292 valence electrons. The van der Waals surface area contributed by atoms with Crippen molar-refractivity contribution in [3.63, 3.8) is 0 Å². The Hall–Kier alpha value is -5.07. The number of fused-ring (bicyclic) bond motifs is 3. The summed E-state index contributed by atoms with van der Waals surface area (Å²) in [6, 6.07) is 2.67. The van der Waals surface area contributed by atoms with Crippen LogP contribution in [0.2, 0.25) is 5.02 Å². The summed E-state index contributed by atoms with van der Waals surface area (Å²) in [5.41, 5.74) is -0.288. The number of aromatic hydroxyl groups is 1. The highest BCUT2D eigenvalue weighted by molar-refractivity contribution is 6.33. The number of rotatable bonds is 9. The van der Waals surface area contributed by atoms with Gasteiger partial charge < -0.3 is 34.3 Å². The Morgan fingerprint density at radius 3 is 2.65 bits per heavy atom. The number of nitrogens with zero attached hydrogens (tertiary/aromatic N) is 8. The van der Waals surface area contributed by atoms with E-state index in [4.69, 9.17) is 26.1 Å². The third kappa shape index (κ3) is 7.13. The van der Waals surface area contributed by atoms with Crippen molar-refractivity contribution in [3.8, 4) is 5.75 Å². The summed E-state index contributed by atoms with van der Waals surface area (Å²) in [5.74, 6) is -0.982. The van der Waals surface area contributed by atoms with E-state index in [1.165, 1.54) is 10.8 Å². The molecule has 1 fully saturated rings. The molecule has 0 bridgehead atoms. The Balaban J connectivity index is 1.22. The van der Waals surface area contributed by atoms with Gasteiger partial charge in [-0.05, 0) is 55.4 Å². The second-order valence-electron chi connectivity index (χ2n) is 14.1. The zero-order valence-electron chi connectivity index (χ0n) is 30.3. The van der Waals surface area contributed by atoms with Crippen molar-refractivity contribution in [1.29, 1.82) is 0 Å². The van der Waals surface area contributed by atoms with Gasteiger partial charge in [-0.1, -0.05) is 24.6 Å². The van der Waals surface area contributed by atoms with Crippen LogP contribution in [0.25, 0.3) is 11.4 Å². The molecule has 0 saturated carbocycles. The number of methoxy groups -OCH3 is 1. The fraction of sp³-hybridized carbons (Fsp3) is 0.472. The van der Waals surface area contributed by atoms with Crippen molar-refractivity contribution in [2.24, 2.45) is 0 Å². The van der Waals surface area contributed by atoms with Gasteiger partial charge in [0.1, 0.15) is 12.9 Å². The number of ether oxygens (including phenoxy) is 2. The fourth-order valence-corrected chi connectivity index (χ4v) is 8.13. The third-order valence-corrected chi connectivity index (χ3v) is 10.9. The first kappa shape index (κ1) is 38.2. The van der Waals surface area contributed by atoms with Gasteiger partial charge in [0, 0.05) is 50.5 Å². The Kier molecular flexibility index (Phi) is 10.3. The second-order valence-corrected chi connectivity index (χ2v) is 14.5. The van der Waals surface area contributed by atoms with E-state index in [1.54, 1.807) is 28.5 Å². The highest BCUT2D eigenvalue weighted by atomic mass is 35.5. The molecule has 2 amide bonds. The number of carbonyl (C=O) groups excluding carboxylic acids is 2. The molecule has 2 N–H and O–H groups in total. The van der Waals surface area contributed by atoms with Gasteiger partial charge in [-0.15, -0.1) is 5.10 Å². The summed E-state index contributed by atoms with van der Waals surface area (Å²) in [5, 5.41) is 18.0. The summed E-state index contributed by atoms with van der Waals surface area (Å²) in [7, 11) is 3.27. The van der Waals surface area contributed by atoms with E-state index in [1.807, 2.05) is 13.0 Å². The molecule has 55 heavy (non-hydrogen) atoms. The third-order valence-electron chi connectivity index (χ3n) is 10.6. The van der Waals surface area contributed by atoms with Crippen molar-refractivity contribution in [2.45, 2.75) is 56.7 Å². The number of likely N-dealkylation sites (N-methyl/N-ethyl adjacent to an activating group) is 1. The Bertz CT molecular complexity index is 2250. The fourth-order valence-electron chi connectivity index (χ4n) is 7.90. The number of halogens is 4. The van der Waals surface area contributed by atoms with E-state index in [-0.39, 0.29) is 64.9 Å². The minimum atomic E-state index is -4.61. The quantitative estimate of drug-likeness (QED) is 0.249. The van der Waals surface area contributed by atoms with Crippen LogP contribution in [0.3, 0.4) is 0 Å². The summed E-state index contributed by atoms with van der Waals surface area (Å²) >= 11 is 6.16. The lowest BCUT2D eigenvalue weighted by atomic mass is 9.73. The number of piperidine rings is 1. The van der Waals surface area contributed by atoms with E-state index in [9.17, 15) is 32.7 Å². The number of hydrogen-bond donors (Lipinski definition) is 2. The molecule has 1 atom stereocenters. The average Bonchev–Trinajstić information content (AvgIpc) is 3.73. The van der Waals surface area contributed by atoms with Crippen LogP contribution in [0.5, 0.6) is 5.75 Å². The predicted molar refractivity (Wildman–Crippen MR) is 194 cm³/mol.